The summed E-state index contributed by atoms with van der Waals surface area (Å²) in [5, 5.41) is 4.28. The molecule has 0 saturated heterocycles. The highest BCUT2D eigenvalue weighted by atomic mass is 35.5. The summed E-state index contributed by atoms with van der Waals surface area (Å²) in [4.78, 5) is 5.09. The Morgan fingerprint density at radius 2 is 1.95 bits per heavy atom. The molecule has 0 N–H and O–H groups in total. The fourth-order valence-electron chi connectivity index (χ4n) is 2.83. The van der Waals surface area contributed by atoms with Crippen LogP contribution in [0.1, 0.15) is 50.2 Å². The second-order valence-electron chi connectivity index (χ2n) is 5.42. The summed E-state index contributed by atoms with van der Waals surface area (Å²) in [5.41, 5.74) is -0.294. The minimum atomic E-state index is -4.44. The largest absolute Gasteiger partial charge is 0.417 e. The van der Waals surface area contributed by atoms with Crippen LogP contribution < -0.4 is 0 Å². The molecule has 22 heavy (non-hydrogen) atoms. The Balaban J connectivity index is 2.48. The minimum absolute atomic E-state index is 0.0140. The molecule has 0 unspecified atom stereocenters. The van der Waals surface area contributed by atoms with Crippen LogP contribution in [-0.4, -0.2) is 12.3 Å². The van der Waals surface area contributed by atoms with Gasteiger partial charge in [0.25, 0.3) is 0 Å². The van der Waals surface area contributed by atoms with Crippen LogP contribution in [0.4, 0.5) is 13.2 Å². The first-order valence-electron chi connectivity index (χ1n) is 7.50. The average molecular weight is 334 g/mol. The summed E-state index contributed by atoms with van der Waals surface area (Å²) in [6.45, 7) is 2.07. The van der Waals surface area contributed by atoms with E-state index in [9.17, 15) is 13.2 Å². The van der Waals surface area contributed by atoms with E-state index in [2.05, 4.69) is 5.16 Å². The maximum absolute atomic E-state index is 13.3. The second kappa shape index (κ2) is 7.36. The van der Waals surface area contributed by atoms with E-state index < -0.39 is 11.7 Å². The fourth-order valence-corrected chi connectivity index (χ4v) is 3.00. The van der Waals surface area contributed by atoms with Crippen molar-refractivity contribution < 1.29 is 18.0 Å². The van der Waals surface area contributed by atoms with Gasteiger partial charge in [0, 0.05) is 16.5 Å². The van der Waals surface area contributed by atoms with Crippen molar-refractivity contribution in [1.82, 2.24) is 0 Å². The molecule has 1 aliphatic rings. The highest BCUT2D eigenvalue weighted by Gasteiger charge is 2.36. The lowest BCUT2D eigenvalue weighted by molar-refractivity contribution is -0.137. The molecule has 1 aliphatic carbocycles. The SMILES string of the molecule is CCO/N=C(/c1cc(Cl)ccc1C(F)(F)F)C1CCCCC1. The summed E-state index contributed by atoms with van der Waals surface area (Å²) in [6, 6.07) is 3.62. The molecule has 0 atom stereocenters. The topological polar surface area (TPSA) is 21.6 Å². The number of halogens is 4. The van der Waals surface area contributed by atoms with E-state index in [1.54, 1.807) is 6.92 Å². The van der Waals surface area contributed by atoms with E-state index in [1.165, 1.54) is 12.1 Å². The summed E-state index contributed by atoms with van der Waals surface area (Å²) in [5.74, 6) is -0.0140. The van der Waals surface area contributed by atoms with Crippen LogP contribution in [0.3, 0.4) is 0 Å². The van der Waals surface area contributed by atoms with Gasteiger partial charge in [-0.2, -0.15) is 13.2 Å². The van der Waals surface area contributed by atoms with Gasteiger partial charge in [-0.3, -0.25) is 0 Å². The van der Waals surface area contributed by atoms with E-state index in [0.717, 1.165) is 38.2 Å². The zero-order valence-electron chi connectivity index (χ0n) is 12.4. The number of rotatable bonds is 4. The standard InChI is InChI=1S/C16H19ClF3NO/c1-2-22-21-15(11-6-4-3-5-7-11)13-10-12(17)8-9-14(13)16(18,19)20/h8-11H,2-7H2,1H3/b21-15+. The Kier molecular flexibility index (Phi) is 5.73. The maximum atomic E-state index is 13.3. The third-order valence-corrected chi connectivity index (χ3v) is 4.08. The first-order valence-corrected chi connectivity index (χ1v) is 7.88. The number of benzene rings is 1. The molecule has 6 heteroatoms. The molecule has 0 aliphatic heterocycles. The Bertz CT molecular complexity index is 537. The third-order valence-electron chi connectivity index (χ3n) is 3.85. The van der Waals surface area contributed by atoms with Gasteiger partial charge in [0.1, 0.15) is 6.61 Å². The molecule has 1 saturated carbocycles. The van der Waals surface area contributed by atoms with E-state index >= 15 is 0 Å². The zero-order chi connectivity index (χ0) is 16.2. The fraction of sp³-hybridized carbons (Fsp3) is 0.562. The lowest BCUT2D eigenvalue weighted by Crippen LogP contribution is -2.23. The summed E-state index contributed by atoms with van der Waals surface area (Å²) in [7, 11) is 0. The number of alkyl halides is 3. The lowest BCUT2D eigenvalue weighted by Gasteiger charge is -2.25. The van der Waals surface area contributed by atoms with Crippen molar-refractivity contribution in [2.75, 3.05) is 6.61 Å². The predicted octanol–water partition coefficient (Wildman–Crippen LogP) is 5.68. The number of nitrogens with zero attached hydrogens (tertiary/aromatic N) is 1. The normalized spacial score (nSPS) is 17.6. The number of hydrogen-bond donors (Lipinski definition) is 0. The van der Waals surface area contributed by atoms with Gasteiger partial charge < -0.3 is 4.84 Å². The van der Waals surface area contributed by atoms with Gasteiger partial charge in [0.15, 0.2) is 0 Å². The van der Waals surface area contributed by atoms with Crippen molar-refractivity contribution in [2.45, 2.75) is 45.2 Å². The zero-order valence-corrected chi connectivity index (χ0v) is 13.2. The first kappa shape index (κ1) is 17.1. The van der Waals surface area contributed by atoms with Crippen LogP contribution in [0.25, 0.3) is 0 Å². The average Bonchev–Trinajstić information content (AvgIpc) is 2.47. The Morgan fingerprint density at radius 1 is 1.27 bits per heavy atom. The molecule has 1 aromatic carbocycles. The van der Waals surface area contributed by atoms with Crippen LogP contribution in [-0.2, 0) is 11.0 Å². The van der Waals surface area contributed by atoms with E-state index in [1.807, 2.05) is 0 Å². The lowest BCUT2D eigenvalue weighted by atomic mass is 9.82. The first-order chi connectivity index (χ1) is 10.4. The van der Waals surface area contributed by atoms with Crippen LogP contribution >= 0.6 is 11.6 Å². The van der Waals surface area contributed by atoms with Crippen molar-refractivity contribution >= 4 is 17.3 Å². The van der Waals surface area contributed by atoms with Gasteiger partial charge in [0.2, 0.25) is 0 Å². The van der Waals surface area contributed by atoms with Gasteiger partial charge in [-0.15, -0.1) is 0 Å². The molecule has 2 nitrogen and oxygen atoms in total. The highest BCUT2D eigenvalue weighted by Crippen LogP contribution is 2.37. The van der Waals surface area contributed by atoms with Gasteiger partial charge in [-0.25, -0.2) is 0 Å². The molecule has 0 spiro atoms. The van der Waals surface area contributed by atoms with E-state index in [-0.39, 0.29) is 16.5 Å². The Hall–Kier alpha value is -1.23. The minimum Gasteiger partial charge on any atom is -0.396 e. The molecule has 122 valence electrons. The predicted molar refractivity (Wildman–Crippen MR) is 81.2 cm³/mol. The molecule has 0 radical (unpaired) electrons. The highest BCUT2D eigenvalue weighted by molar-refractivity contribution is 6.31. The van der Waals surface area contributed by atoms with Crippen LogP contribution in [0, 0.1) is 5.92 Å². The van der Waals surface area contributed by atoms with Gasteiger partial charge in [-0.1, -0.05) is 36.0 Å². The van der Waals surface area contributed by atoms with Crippen LogP contribution in [0.15, 0.2) is 23.4 Å². The van der Waals surface area contributed by atoms with Gasteiger partial charge >= 0.3 is 6.18 Å². The van der Waals surface area contributed by atoms with Crippen molar-refractivity contribution in [3.63, 3.8) is 0 Å². The number of hydrogen-bond acceptors (Lipinski definition) is 2. The summed E-state index contributed by atoms with van der Waals surface area (Å²) in [6.07, 6.45) is 0.322. The molecule has 1 aromatic rings. The Labute approximate surface area is 133 Å². The van der Waals surface area contributed by atoms with Crippen molar-refractivity contribution in [3.05, 3.63) is 34.3 Å². The number of oxime groups is 1. The molecular weight excluding hydrogens is 315 g/mol. The van der Waals surface area contributed by atoms with Gasteiger partial charge in [0.05, 0.1) is 11.3 Å². The van der Waals surface area contributed by atoms with E-state index in [4.69, 9.17) is 16.4 Å². The van der Waals surface area contributed by atoms with Crippen molar-refractivity contribution in [1.29, 1.82) is 0 Å². The molecule has 2 rings (SSSR count). The van der Waals surface area contributed by atoms with Crippen molar-refractivity contribution in [2.24, 2.45) is 11.1 Å². The maximum Gasteiger partial charge on any atom is 0.417 e. The summed E-state index contributed by atoms with van der Waals surface area (Å²) < 4.78 is 39.9. The third kappa shape index (κ3) is 4.15. The monoisotopic (exact) mass is 333 g/mol. The quantitative estimate of drug-likeness (QED) is 0.513. The van der Waals surface area contributed by atoms with Crippen LogP contribution in [0.5, 0.6) is 0 Å². The second-order valence-corrected chi connectivity index (χ2v) is 5.85. The molecule has 0 amide bonds. The molecule has 0 heterocycles. The summed E-state index contributed by atoms with van der Waals surface area (Å²) >= 11 is 5.92. The van der Waals surface area contributed by atoms with Crippen molar-refractivity contribution in [3.8, 4) is 0 Å². The molecule has 0 aromatic heterocycles. The molecule has 0 bridgehead atoms. The van der Waals surface area contributed by atoms with Gasteiger partial charge in [-0.05, 0) is 38.0 Å². The van der Waals surface area contributed by atoms with Crippen LogP contribution in [0.2, 0.25) is 5.02 Å². The molecular formula is C16H19ClF3NO. The Morgan fingerprint density at radius 3 is 2.55 bits per heavy atom. The van der Waals surface area contributed by atoms with E-state index in [0.29, 0.717) is 12.3 Å². The smallest absolute Gasteiger partial charge is 0.396 e. The molecule has 1 fully saturated rings.